The van der Waals surface area contributed by atoms with Gasteiger partial charge < -0.3 is 4.74 Å². The van der Waals surface area contributed by atoms with E-state index in [1.165, 1.54) is 38.5 Å². The van der Waals surface area contributed by atoms with Crippen molar-refractivity contribution < 1.29 is 4.74 Å². The smallest absolute Gasteiger partial charge is 0.317 e. The number of rotatable bonds is 3. The van der Waals surface area contributed by atoms with E-state index in [9.17, 15) is 0 Å². The number of nitrogens with zero attached hydrogens (tertiary/aromatic N) is 3. The first-order valence-corrected chi connectivity index (χ1v) is 5.85. The van der Waals surface area contributed by atoms with Gasteiger partial charge in [-0.05, 0) is 45.4 Å². The molecule has 2 fully saturated rings. The van der Waals surface area contributed by atoms with Gasteiger partial charge in [-0.25, -0.2) is 0 Å². The second-order valence-corrected chi connectivity index (χ2v) is 5.00. The molecule has 2 aliphatic carbocycles. The van der Waals surface area contributed by atoms with E-state index in [2.05, 4.69) is 21.7 Å². The largest absolute Gasteiger partial charge is 0.460 e. The van der Waals surface area contributed by atoms with E-state index >= 15 is 0 Å². The first-order chi connectivity index (χ1) is 7.28. The van der Waals surface area contributed by atoms with Gasteiger partial charge in [0.2, 0.25) is 0 Å². The Hall–Kier alpha value is -1.06. The minimum atomic E-state index is 0.234. The van der Waals surface area contributed by atoms with Crippen molar-refractivity contribution in [2.24, 2.45) is 0 Å². The molecule has 1 aromatic rings. The molecule has 0 bridgehead atoms. The molecule has 0 unspecified atom stereocenters. The van der Waals surface area contributed by atoms with Gasteiger partial charge >= 0.3 is 6.01 Å². The van der Waals surface area contributed by atoms with Crippen molar-refractivity contribution in [2.45, 2.75) is 57.1 Å². The highest BCUT2D eigenvalue weighted by molar-refractivity contribution is 5.07. The average molecular weight is 207 g/mol. The maximum Gasteiger partial charge on any atom is 0.317 e. The Morgan fingerprint density at radius 2 is 2.13 bits per heavy atom. The summed E-state index contributed by atoms with van der Waals surface area (Å²) in [4.78, 5) is 0. The maximum absolute atomic E-state index is 5.90. The summed E-state index contributed by atoms with van der Waals surface area (Å²) < 4.78 is 8.00. The molecule has 3 rings (SSSR count). The molecule has 0 aliphatic heterocycles. The zero-order valence-electron chi connectivity index (χ0n) is 9.15. The normalized spacial score (nSPS) is 24.3. The van der Waals surface area contributed by atoms with Gasteiger partial charge in [0.25, 0.3) is 0 Å². The molecule has 0 saturated heterocycles. The molecule has 2 saturated carbocycles. The van der Waals surface area contributed by atoms with Crippen LogP contribution in [0.5, 0.6) is 6.01 Å². The second-order valence-electron chi connectivity index (χ2n) is 5.00. The topological polar surface area (TPSA) is 39.9 Å². The lowest BCUT2D eigenvalue weighted by Gasteiger charge is -2.16. The molecular formula is C11H17N3O. The Morgan fingerprint density at radius 1 is 1.40 bits per heavy atom. The minimum Gasteiger partial charge on any atom is -0.460 e. The highest BCUT2D eigenvalue weighted by atomic mass is 16.5. The van der Waals surface area contributed by atoms with Crippen molar-refractivity contribution in [2.75, 3.05) is 0 Å². The van der Waals surface area contributed by atoms with Crippen LogP contribution in [0.1, 0.15) is 45.4 Å². The van der Waals surface area contributed by atoms with Gasteiger partial charge in [0.05, 0.1) is 0 Å². The highest BCUT2D eigenvalue weighted by Crippen LogP contribution is 2.44. The number of hydrogen-bond acceptors (Lipinski definition) is 3. The maximum atomic E-state index is 5.90. The molecule has 1 heterocycles. The fourth-order valence-corrected chi connectivity index (χ4v) is 2.25. The molecule has 2 aliphatic rings. The summed E-state index contributed by atoms with van der Waals surface area (Å²) in [6.07, 6.45) is 9.52. The van der Waals surface area contributed by atoms with Crippen LogP contribution in [0.3, 0.4) is 0 Å². The molecule has 0 spiro atoms. The van der Waals surface area contributed by atoms with Gasteiger partial charge in [-0.15, -0.1) is 5.10 Å². The zero-order chi connectivity index (χ0) is 10.3. The Balaban J connectivity index is 1.76. The number of hydrogen-bond donors (Lipinski definition) is 0. The van der Waals surface area contributed by atoms with Gasteiger partial charge in [0.1, 0.15) is 12.4 Å². The predicted octanol–water partition coefficient (Wildman–Crippen LogP) is 2.11. The van der Waals surface area contributed by atoms with Crippen LogP contribution in [0.15, 0.2) is 6.33 Å². The van der Waals surface area contributed by atoms with Crippen LogP contribution in [0.4, 0.5) is 0 Å². The lowest BCUT2D eigenvalue weighted by molar-refractivity contribution is 0.177. The Bertz CT molecular complexity index is 350. The van der Waals surface area contributed by atoms with Gasteiger partial charge in [-0.1, -0.05) is 5.10 Å². The van der Waals surface area contributed by atoms with Gasteiger partial charge in [-0.3, -0.25) is 4.57 Å². The minimum absolute atomic E-state index is 0.234. The van der Waals surface area contributed by atoms with Crippen LogP contribution in [-0.4, -0.2) is 20.9 Å². The Morgan fingerprint density at radius 3 is 2.80 bits per heavy atom. The Labute approximate surface area is 89.6 Å². The van der Waals surface area contributed by atoms with Crippen molar-refractivity contribution in [1.29, 1.82) is 0 Å². The summed E-state index contributed by atoms with van der Waals surface area (Å²) >= 11 is 0. The average Bonchev–Trinajstić information content (AvgIpc) is 2.75. The molecule has 0 atom stereocenters. The van der Waals surface area contributed by atoms with Crippen LogP contribution >= 0.6 is 0 Å². The molecule has 0 amide bonds. The van der Waals surface area contributed by atoms with Crippen LogP contribution in [0.25, 0.3) is 0 Å². The second kappa shape index (κ2) is 3.22. The predicted molar refractivity (Wildman–Crippen MR) is 55.8 cm³/mol. The van der Waals surface area contributed by atoms with E-state index in [0.717, 1.165) is 6.01 Å². The SMILES string of the molecule is CC1(n2cnnc2OC2CCCC2)CC1. The summed E-state index contributed by atoms with van der Waals surface area (Å²) in [5, 5.41) is 8.04. The molecule has 0 aromatic carbocycles. The van der Waals surface area contributed by atoms with E-state index in [-0.39, 0.29) is 5.54 Å². The van der Waals surface area contributed by atoms with Gasteiger partial charge in [0.15, 0.2) is 0 Å². The molecular weight excluding hydrogens is 190 g/mol. The third kappa shape index (κ3) is 1.62. The summed E-state index contributed by atoms with van der Waals surface area (Å²) in [6.45, 7) is 2.23. The zero-order valence-corrected chi connectivity index (χ0v) is 9.15. The van der Waals surface area contributed by atoms with E-state index in [0.29, 0.717) is 6.10 Å². The standard InChI is InChI=1S/C11H17N3O/c1-11(6-7-11)14-8-12-13-10(14)15-9-4-2-3-5-9/h8-9H,2-7H2,1H3. The molecule has 15 heavy (non-hydrogen) atoms. The summed E-state index contributed by atoms with van der Waals surface area (Å²) in [7, 11) is 0. The molecule has 82 valence electrons. The molecule has 1 aromatic heterocycles. The van der Waals surface area contributed by atoms with Crippen molar-refractivity contribution in [3.05, 3.63) is 6.33 Å². The highest BCUT2D eigenvalue weighted by Gasteiger charge is 2.41. The first kappa shape index (κ1) is 9.19. The van der Waals surface area contributed by atoms with E-state index in [1.807, 2.05) is 0 Å². The number of aromatic nitrogens is 3. The third-order valence-electron chi connectivity index (χ3n) is 3.65. The van der Waals surface area contributed by atoms with Crippen molar-refractivity contribution in [1.82, 2.24) is 14.8 Å². The van der Waals surface area contributed by atoms with Crippen molar-refractivity contribution in [3.8, 4) is 6.01 Å². The first-order valence-electron chi connectivity index (χ1n) is 5.85. The van der Waals surface area contributed by atoms with Gasteiger partial charge in [-0.2, -0.15) is 0 Å². The van der Waals surface area contributed by atoms with Crippen LogP contribution < -0.4 is 4.74 Å². The number of ether oxygens (including phenoxy) is 1. The molecule has 0 N–H and O–H groups in total. The third-order valence-corrected chi connectivity index (χ3v) is 3.65. The van der Waals surface area contributed by atoms with Crippen molar-refractivity contribution in [3.63, 3.8) is 0 Å². The fraction of sp³-hybridized carbons (Fsp3) is 0.818. The Kier molecular flexibility index (Phi) is 1.97. The monoisotopic (exact) mass is 207 g/mol. The lowest BCUT2D eigenvalue weighted by atomic mass is 10.3. The quantitative estimate of drug-likeness (QED) is 0.762. The lowest BCUT2D eigenvalue weighted by Crippen LogP contribution is -2.18. The van der Waals surface area contributed by atoms with Crippen LogP contribution in [0, 0.1) is 0 Å². The van der Waals surface area contributed by atoms with Crippen molar-refractivity contribution >= 4 is 0 Å². The van der Waals surface area contributed by atoms with E-state index in [1.54, 1.807) is 6.33 Å². The summed E-state index contributed by atoms with van der Waals surface area (Å²) in [5.41, 5.74) is 0.234. The van der Waals surface area contributed by atoms with Crippen LogP contribution in [0.2, 0.25) is 0 Å². The van der Waals surface area contributed by atoms with E-state index < -0.39 is 0 Å². The summed E-state index contributed by atoms with van der Waals surface area (Å²) in [6, 6.07) is 0.724. The summed E-state index contributed by atoms with van der Waals surface area (Å²) in [5.74, 6) is 0. The van der Waals surface area contributed by atoms with Crippen LogP contribution in [-0.2, 0) is 5.54 Å². The van der Waals surface area contributed by atoms with E-state index in [4.69, 9.17) is 4.74 Å². The van der Waals surface area contributed by atoms with Gasteiger partial charge in [0, 0.05) is 5.54 Å². The molecule has 4 heteroatoms. The molecule has 4 nitrogen and oxygen atoms in total. The molecule has 0 radical (unpaired) electrons. The fourth-order valence-electron chi connectivity index (χ4n) is 2.25.